The average molecular weight is 722 g/mol. The van der Waals surface area contributed by atoms with Crippen molar-refractivity contribution in [2.75, 3.05) is 19.8 Å². The van der Waals surface area contributed by atoms with Crippen molar-refractivity contribution in [1.82, 2.24) is 10.6 Å². The molecule has 0 unspecified atom stereocenters. The Morgan fingerprint density at radius 3 is 2.36 bits per heavy atom. The van der Waals surface area contributed by atoms with E-state index >= 15 is 0 Å². The van der Waals surface area contributed by atoms with Crippen LogP contribution in [-0.2, 0) is 14.3 Å². The number of aliphatic imine (C=N–C) groups is 3. The van der Waals surface area contributed by atoms with Gasteiger partial charge in [-0.2, -0.15) is 0 Å². The second kappa shape index (κ2) is 16.6. The molecule has 6 rings (SSSR count). The summed E-state index contributed by atoms with van der Waals surface area (Å²) in [6.07, 6.45) is 14.6. The van der Waals surface area contributed by atoms with Crippen LogP contribution in [0.15, 0.2) is 106 Å². The smallest absolute Gasteiger partial charge is 0.305 e. The molecule has 4 N–H and O–H groups in total. The first-order chi connectivity index (χ1) is 25.6. The van der Waals surface area contributed by atoms with Gasteiger partial charge in [0.25, 0.3) is 0 Å². The molecule has 53 heavy (non-hydrogen) atoms. The third kappa shape index (κ3) is 7.88. The summed E-state index contributed by atoms with van der Waals surface area (Å²) < 4.78 is 5.60. The Labute approximate surface area is 313 Å². The molecule has 0 aromatic heterocycles. The van der Waals surface area contributed by atoms with Crippen molar-refractivity contribution in [1.29, 1.82) is 0 Å². The maximum absolute atomic E-state index is 13.0. The molecule has 2 atom stereocenters. The van der Waals surface area contributed by atoms with Crippen molar-refractivity contribution in [3.8, 4) is 0 Å². The van der Waals surface area contributed by atoms with Crippen LogP contribution < -0.4 is 10.6 Å². The number of aliphatic hydroxyl groups excluding tert-OH is 2. The second-order valence-electron chi connectivity index (χ2n) is 14.9. The van der Waals surface area contributed by atoms with Crippen molar-refractivity contribution in [3.05, 3.63) is 91.5 Å². The van der Waals surface area contributed by atoms with E-state index in [4.69, 9.17) is 19.7 Å². The largest absolute Gasteiger partial charge is 0.511 e. The normalized spacial score (nSPS) is 21.9. The Hall–Kier alpha value is -4.57. The number of ether oxygens (including phenoxy) is 1. The number of allylic oxidation sites excluding steroid dienone is 11. The summed E-state index contributed by atoms with van der Waals surface area (Å²) in [5.41, 5.74) is 13.1. The summed E-state index contributed by atoms with van der Waals surface area (Å²) in [5, 5.41) is 28.4. The van der Waals surface area contributed by atoms with Gasteiger partial charge in [0.15, 0.2) is 0 Å². The van der Waals surface area contributed by atoms with E-state index in [1.807, 2.05) is 26.0 Å². The van der Waals surface area contributed by atoms with Gasteiger partial charge in [-0.3, -0.25) is 9.59 Å². The summed E-state index contributed by atoms with van der Waals surface area (Å²) >= 11 is 0. The maximum Gasteiger partial charge on any atom is 0.305 e. The van der Waals surface area contributed by atoms with E-state index in [9.17, 15) is 19.8 Å². The Morgan fingerprint density at radius 1 is 0.906 bits per heavy atom. The number of nitrogens with zero attached hydrogens (tertiary/aromatic N) is 3. The van der Waals surface area contributed by atoms with E-state index < -0.39 is 0 Å². The number of carbonyl (C=O) groups is 2. The Bertz CT molecular complexity index is 1920. The molecule has 6 aliphatic rings. The lowest BCUT2D eigenvalue weighted by molar-refractivity contribution is -0.144. The minimum atomic E-state index is -0.273. The van der Waals surface area contributed by atoms with Crippen molar-refractivity contribution in [2.45, 2.75) is 112 Å². The predicted molar refractivity (Wildman–Crippen MR) is 210 cm³/mol. The van der Waals surface area contributed by atoms with Gasteiger partial charge in [0.05, 0.1) is 47.4 Å². The first kappa shape index (κ1) is 38.2. The number of aliphatic hydroxyl groups is 2. The van der Waals surface area contributed by atoms with Crippen LogP contribution in [0.4, 0.5) is 0 Å². The molecule has 0 radical (unpaired) electrons. The van der Waals surface area contributed by atoms with Gasteiger partial charge in [0, 0.05) is 65.8 Å². The van der Waals surface area contributed by atoms with E-state index in [0.29, 0.717) is 43.7 Å². The van der Waals surface area contributed by atoms with Crippen LogP contribution in [-0.4, -0.2) is 59.0 Å². The van der Waals surface area contributed by atoms with E-state index in [-0.39, 0.29) is 43.3 Å². The SMILES string of the molecule is CCCCCCCC(=O)NCCCOC(=O)CC[C@@H]1C2=C3CC(O)=C4C3=NC(=C4C)C=C3N=C(C=C4N=C(C=C(N2)[C@H]1C)C(C)=C4CO)C(C)=C3CC. The second-order valence-corrected chi connectivity index (χ2v) is 14.9. The fourth-order valence-electron chi connectivity index (χ4n) is 8.17. The van der Waals surface area contributed by atoms with E-state index in [0.717, 1.165) is 98.2 Å². The number of carbonyl (C=O) groups excluding carboxylic acids is 2. The first-order valence-electron chi connectivity index (χ1n) is 19.5. The summed E-state index contributed by atoms with van der Waals surface area (Å²) in [4.78, 5) is 40.3. The van der Waals surface area contributed by atoms with Crippen LogP contribution in [0.1, 0.15) is 112 Å². The van der Waals surface area contributed by atoms with Gasteiger partial charge in [0.1, 0.15) is 5.76 Å². The van der Waals surface area contributed by atoms with Crippen molar-refractivity contribution in [2.24, 2.45) is 26.8 Å². The fourth-order valence-corrected chi connectivity index (χ4v) is 8.17. The molecule has 0 aromatic rings. The molecule has 10 nitrogen and oxygen atoms in total. The Kier molecular flexibility index (Phi) is 12.0. The van der Waals surface area contributed by atoms with E-state index in [1.54, 1.807) is 0 Å². The minimum Gasteiger partial charge on any atom is -0.511 e. The van der Waals surface area contributed by atoms with Gasteiger partial charge >= 0.3 is 5.97 Å². The van der Waals surface area contributed by atoms with Crippen LogP contribution >= 0.6 is 0 Å². The summed E-state index contributed by atoms with van der Waals surface area (Å²) in [7, 11) is 0. The molecule has 1 fully saturated rings. The van der Waals surface area contributed by atoms with Gasteiger partial charge < -0.3 is 25.6 Å². The van der Waals surface area contributed by atoms with Crippen molar-refractivity contribution in [3.63, 3.8) is 0 Å². The van der Waals surface area contributed by atoms with E-state index in [2.05, 4.69) is 44.4 Å². The van der Waals surface area contributed by atoms with Gasteiger partial charge in [0.2, 0.25) is 5.91 Å². The molecule has 5 heterocycles. The highest BCUT2D eigenvalue weighted by molar-refractivity contribution is 6.21. The van der Waals surface area contributed by atoms with E-state index in [1.165, 1.54) is 19.3 Å². The fraction of sp³-hybridized carbons (Fsp3) is 0.512. The molecular weight excluding hydrogens is 667 g/mol. The first-order valence-corrected chi connectivity index (χ1v) is 19.5. The lowest BCUT2D eigenvalue weighted by Gasteiger charge is -2.17. The molecular formula is C43H55N5O5. The number of fused-ring (bicyclic) bond motifs is 5. The quantitative estimate of drug-likeness (QED) is 0.100. The molecule has 0 saturated carbocycles. The summed E-state index contributed by atoms with van der Waals surface area (Å²) in [5.74, 6) is 0.0122. The molecule has 1 aliphatic carbocycles. The topological polar surface area (TPSA) is 145 Å². The van der Waals surface area contributed by atoms with Crippen LogP contribution in [0.3, 0.4) is 0 Å². The van der Waals surface area contributed by atoms with Gasteiger partial charge in [-0.15, -0.1) is 0 Å². The third-order valence-corrected chi connectivity index (χ3v) is 11.4. The number of esters is 1. The zero-order chi connectivity index (χ0) is 37.8. The van der Waals surface area contributed by atoms with Crippen molar-refractivity contribution < 1.29 is 24.5 Å². The third-order valence-electron chi connectivity index (χ3n) is 11.4. The highest BCUT2D eigenvalue weighted by atomic mass is 16.5. The average Bonchev–Trinajstić information content (AvgIpc) is 3.89. The maximum atomic E-state index is 13.0. The summed E-state index contributed by atoms with van der Waals surface area (Å²) in [6.45, 7) is 13.1. The molecule has 1 amide bonds. The number of rotatable bonds is 15. The Balaban J connectivity index is 1.23. The number of nitrogens with one attached hydrogen (secondary N) is 2. The predicted octanol–water partition coefficient (Wildman–Crippen LogP) is 7.84. The number of hydrogen-bond acceptors (Lipinski definition) is 9. The monoisotopic (exact) mass is 721 g/mol. The lowest BCUT2D eigenvalue weighted by Crippen LogP contribution is -2.25. The molecule has 10 heteroatoms. The number of hydrogen-bond donors (Lipinski definition) is 4. The summed E-state index contributed by atoms with van der Waals surface area (Å²) in [6, 6.07) is 0. The van der Waals surface area contributed by atoms with Crippen LogP contribution in [0, 0.1) is 11.8 Å². The molecule has 0 aromatic carbocycles. The molecule has 0 spiro atoms. The molecule has 282 valence electrons. The number of amides is 1. The zero-order valence-corrected chi connectivity index (χ0v) is 32.2. The Morgan fingerprint density at radius 2 is 1.62 bits per heavy atom. The van der Waals surface area contributed by atoms with Crippen LogP contribution in [0.2, 0.25) is 0 Å². The molecule has 5 aliphatic heterocycles. The lowest BCUT2D eigenvalue weighted by atomic mass is 9.86. The van der Waals surface area contributed by atoms with Crippen LogP contribution in [0.25, 0.3) is 0 Å². The molecule has 8 bridgehead atoms. The van der Waals surface area contributed by atoms with Gasteiger partial charge in [-0.1, -0.05) is 46.5 Å². The zero-order valence-electron chi connectivity index (χ0n) is 32.2. The van der Waals surface area contributed by atoms with Crippen LogP contribution in [0.5, 0.6) is 0 Å². The van der Waals surface area contributed by atoms with Gasteiger partial charge in [-0.05, 0) is 87.0 Å². The molecule has 1 saturated heterocycles. The van der Waals surface area contributed by atoms with Gasteiger partial charge in [-0.25, -0.2) is 15.0 Å². The minimum absolute atomic E-state index is 0.000734. The highest BCUT2D eigenvalue weighted by Crippen LogP contribution is 2.46. The standard InChI is InChI=1S/C43H55N5O5/c1-7-9-10-11-12-14-39(51)44-17-13-18-53-40(52)16-15-29-25(4)34-20-32-26(5)31(23-49)37(46-32)21-33-24(3)28(8-2)36(45-33)22-35-27(6)41-38(50)19-30(42(29)47-34)43(41)48-35/h20-22,25,29,47,49-50H,7-19,23H2,1-6H3,(H,44,51)/t25-,29-/m0/s1. The highest BCUT2D eigenvalue weighted by Gasteiger charge is 2.41. The number of unbranched alkanes of at least 4 members (excludes halogenated alkanes) is 4. The van der Waals surface area contributed by atoms with Crippen molar-refractivity contribution >= 4 is 29.0 Å².